The lowest BCUT2D eigenvalue weighted by Gasteiger charge is -2.27. The molecular formula is C37H41N7O4. The fraction of sp³-hybridized carbons (Fsp3) is 0.324. The molecule has 1 saturated carbocycles. The SMILES string of the molecule is C=CC(=O)Nc1cc(Nc2cc(N3OCC[C@@H]3c3cccc(Oc4ccccc4)c3)ncn2)c(OC)cc1N1CCCN(C2CC2)CC1. The van der Waals surface area contributed by atoms with E-state index in [4.69, 9.17) is 14.3 Å². The zero-order valence-corrected chi connectivity index (χ0v) is 27.2. The van der Waals surface area contributed by atoms with Crippen molar-refractivity contribution >= 4 is 34.6 Å². The second kappa shape index (κ2) is 14.3. The molecule has 248 valence electrons. The molecule has 3 aromatic carbocycles. The number of hydrogen-bond acceptors (Lipinski definition) is 10. The summed E-state index contributed by atoms with van der Waals surface area (Å²) < 4.78 is 12.0. The first-order valence-electron chi connectivity index (χ1n) is 16.6. The van der Waals surface area contributed by atoms with Gasteiger partial charge in [-0.3, -0.25) is 14.5 Å². The largest absolute Gasteiger partial charge is 0.494 e. The molecule has 2 aliphatic heterocycles. The second-order valence-electron chi connectivity index (χ2n) is 12.2. The van der Waals surface area contributed by atoms with Gasteiger partial charge in [0.15, 0.2) is 5.82 Å². The fourth-order valence-corrected chi connectivity index (χ4v) is 6.45. The van der Waals surface area contributed by atoms with Crippen LogP contribution < -0.4 is 30.1 Å². The van der Waals surface area contributed by atoms with Crippen molar-refractivity contribution in [2.45, 2.75) is 37.8 Å². The van der Waals surface area contributed by atoms with Crippen molar-refractivity contribution in [1.82, 2.24) is 14.9 Å². The Balaban J connectivity index is 1.12. The number of benzene rings is 3. The van der Waals surface area contributed by atoms with Gasteiger partial charge in [0.05, 0.1) is 36.8 Å². The molecule has 7 rings (SSSR count). The maximum absolute atomic E-state index is 12.6. The van der Waals surface area contributed by atoms with Crippen LogP contribution in [0.4, 0.5) is 28.7 Å². The van der Waals surface area contributed by atoms with E-state index in [0.29, 0.717) is 35.4 Å². The Morgan fingerprint density at radius 1 is 0.938 bits per heavy atom. The van der Waals surface area contributed by atoms with Gasteiger partial charge in [0.2, 0.25) is 5.91 Å². The molecule has 3 fully saturated rings. The van der Waals surface area contributed by atoms with E-state index < -0.39 is 0 Å². The van der Waals surface area contributed by atoms with Gasteiger partial charge in [-0.1, -0.05) is 36.9 Å². The number of anilines is 5. The van der Waals surface area contributed by atoms with Crippen molar-refractivity contribution in [1.29, 1.82) is 0 Å². The number of carbonyl (C=O) groups is 1. The molecule has 4 aromatic rings. The third-order valence-electron chi connectivity index (χ3n) is 8.96. The summed E-state index contributed by atoms with van der Waals surface area (Å²) in [7, 11) is 1.65. The number of nitrogens with one attached hydrogen (secondary N) is 2. The van der Waals surface area contributed by atoms with Crippen LogP contribution in [-0.2, 0) is 9.63 Å². The topological polar surface area (TPSA) is 104 Å². The molecule has 1 aliphatic carbocycles. The van der Waals surface area contributed by atoms with Crippen LogP contribution in [0.3, 0.4) is 0 Å². The summed E-state index contributed by atoms with van der Waals surface area (Å²) >= 11 is 0. The highest BCUT2D eigenvalue weighted by molar-refractivity contribution is 6.02. The molecule has 2 N–H and O–H groups in total. The summed E-state index contributed by atoms with van der Waals surface area (Å²) in [5.74, 6) is 3.06. The number of amides is 1. The third-order valence-corrected chi connectivity index (χ3v) is 8.96. The summed E-state index contributed by atoms with van der Waals surface area (Å²) in [5.41, 5.74) is 3.31. The van der Waals surface area contributed by atoms with Crippen molar-refractivity contribution in [3.8, 4) is 17.2 Å². The number of aromatic nitrogens is 2. The van der Waals surface area contributed by atoms with E-state index in [9.17, 15) is 4.79 Å². The van der Waals surface area contributed by atoms with Gasteiger partial charge in [-0.05, 0) is 61.2 Å². The van der Waals surface area contributed by atoms with Crippen LogP contribution in [0.2, 0.25) is 0 Å². The maximum atomic E-state index is 12.6. The van der Waals surface area contributed by atoms with Gasteiger partial charge in [-0.2, -0.15) is 0 Å². The minimum Gasteiger partial charge on any atom is -0.494 e. The molecule has 11 nitrogen and oxygen atoms in total. The number of para-hydroxylation sites is 1. The Labute approximate surface area is 281 Å². The van der Waals surface area contributed by atoms with Gasteiger partial charge in [0.25, 0.3) is 0 Å². The molecule has 0 unspecified atom stereocenters. The van der Waals surface area contributed by atoms with Crippen molar-refractivity contribution in [3.63, 3.8) is 0 Å². The van der Waals surface area contributed by atoms with E-state index in [2.05, 4.69) is 43.0 Å². The first kappa shape index (κ1) is 31.5. The van der Waals surface area contributed by atoms with E-state index in [1.54, 1.807) is 7.11 Å². The Hall–Kier alpha value is -5.13. The van der Waals surface area contributed by atoms with Crippen LogP contribution in [0.25, 0.3) is 0 Å². The smallest absolute Gasteiger partial charge is 0.247 e. The highest BCUT2D eigenvalue weighted by Gasteiger charge is 2.31. The number of rotatable bonds is 11. The summed E-state index contributed by atoms with van der Waals surface area (Å²) in [4.78, 5) is 32.6. The van der Waals surface area contributed by atoms with Crippen LogP contribution >= 0.6 is 0 Å². The summed E-state index contributed by atoms with van der Waals surface area (Å²) in [6.45, 7) is 8.07. The zero-order valence-electron chi connectivity index (χ0n) is 27.2. The Kier molecular flexibility index (Phi) is 9.39. The molecule has 48 heavy (non-hydrogen) atoms. The van der Waals surface area contributed by atoms with Crippen LogP contribution in [0.5, 0.6) is 17.2 Å². The molecular weight excluding hydrogens is 606 g/mol. The van der Waals surface area contributed by atoms with Gasteiger partial charge in [-0.25, -0.2) is 15.0 Å². The van der Waals surface area contributed by atoms with Crippen molar-refractivity contribution in [2.24, 2.45) is 0 Å². The van der Waals surface area contributed by atoms with Gasteiger partial charge in [-0.15, -0.1) is 0 Å². The Morgan fingerprint density at radius 2 is 1.79 bits per heavy atom. The van der Waals surface area contributed by atoms with Crippen molar-refractivity contribution in [2.75, 3.05) is 60.5 Å². The number of hydroxylamine groups is 1. The minimum absolute atomic E-state index is 0.0638. The molecule has 3 aliphatic rings. The van der Waals surface area contributed by atoms with E-state index in [1.165, 1.54) is 25.2 Å². The number of methoxy groups -OCH3 is 1. The van der Waals surface area contributed by atoms with Crippen LogP contribution in [0.1, 0.15) is 37.3 Å². The molecule has 1 aromatic heterocycles. The number of carbonyl (C=O) groups excluding carboxylic acids is 1. The predicted molar refractivity (Wildman–Crippen MR) is 187 cm³/mol. The first-order chi connectivity index (χ1) is 23.6. The average molecular weight is 648 g/mol. The highest BCUT2D eigenvalue weighted by Crippen LogP contribution is 2.41. The minimum atomic E-state index is -0.276. The molecule has 0 spiro atoms. The summed E-state index contributed by atoms with van der Waals surface area (Å²) in [5, 5.41) is 8.25. The lowest BCUT2D eigenvalue weighted by atomic mass is 10.0. The van der Waals surface area contributed by atoms with Crippen LogP contribution in [0.15, 0.2) is 91.8 Å². The van der Waals surface area contributed by atoms with Crippen molar-refractivity contribution < 1.29 is 19.1 Å². The second-order valence-corrected chi connectivity index (χ2v) is 12.2. The molecule has 3 heterocycles. The molecule has 11 heteroatoms. The normalized spacial score (nSPS) is 18.2. The lowest BCUT2D eigenvalue weighted by Crippen LogP contribution is -2.32. The standard InChI is InChI=1S/C37H41N7O4/c1-3-37(45)41-30-22-31(34(46-2)23-33(30)43-17-8-16-42(18-19-43)27-13-14-27)40-35-24-36(39-25-38-35)44-32(15-20-47-44)26-9-7-12-29(21-26)48-28-10-5-4-6-11-28/h3-7,9-12,21-25,27,32H,1,8,13-20H2,2H3,(H,41,45)(H,38,39,40)/t32-/m1/s1. The summed E-state index contributed by atoms with van der Waals surface area (Å²) in [6, 6.07) is 24.2. The summed E-state index contributed by atoms with van der Waals surface area (Å²) in [6.07, 6.45) is 7.22. The van der Waals surface area contributed by atoms with Gasteiger partial charge >= 0.3 is 0 Å². The van der Waals surface area contributed by atoms with E-state index in [-0.39, 0.29) is 11.9 Å². The maximum Gasteiger partial charge on any atom is 0.247 e. The van der Waals surface area contributed by atoms with Gasteiger partial charge in [0, 0.05) is 50.8 Å². The fourth-order valence-electron chi connectivity index (χ4n) is 6.45. The molecule has 2 saturated heterocycles. The number of ether oxygens (including phenoxy) is 2. The Morgan fingerprint density at radius 3 is 2.60 bits per heavy atom. The van der Waals surface area contributed by atoms with E-state index in [1.807, 2.05) is 71.8 Å². The quantitative estimate of drug-likeness (QED) is 0.171. The molecule has 1 amide bonds. The predicted octanol–water partition coefficient (Wildman–Crippen LogP) is 6.70. The van der Waals surface area contributed by atoms with Crippen LogP contribution in [-0.4, -0.2) is 66.7 Å². The number of hydrogen-bond donors (Lipinski definition) is 2. The highest BCUT2D eigenvalue weighted by atomic mass is 16.7. The zero-order chi connectivity index (χ0) is 32.9. The lowest BCUT2D eigenvalue weighted by molar-refractivity contribution is -0.111. The van der Waals surface area contributed by atoms with Crippen LogP contribution in [0, 0.1) is 0 Å². The molecule has 0 radical (unpaired) electrons. The Bertz CT molecular complexity index is 1750. The third kappa shape index (κ3) is 7.22. The van der Waals surface area contributed by atoms with E-state index in [0.717, 1.165) is 67.8 Å². The molecule has 1 atom stereocenters. The monoisotopic (exact) mass is 647 g/mol. The average Bonchev–Trinajstić information content (AvgIpc) is 3.89. The van der Waals surface area contributed by atoms with E-state index >= 15 is 0 Å². The number of nitrogens with zero attached hydrogens (tertiary/aromatic N) is 5. The van der Waals surface area contributed by atoms with Gasteiger partial charge < -0.3 is 25.0 Å². The van der Waals surface area contributed by atoms with Crippen molar-refractivity contribution in [3.05, 3.63) is 97.3 Å². The van der Waals surface area contributed by atoms with Gasteiger partial charge in [0.1, 0.15) is 29.4 Å². The first-order valence-corrected chi connectivity index (χ1v) is 16.6. The molecule has 0 bridgehead atoms.